The van der Waals surface area contributed by atoms with E-state index >= 15 is 0 Å². The fraction of sp³-hybridized carbons (Fsp3) is 0.250. The van der Waals surface area contributed by atoms with E-state index in [1.807, 2.05) is 43.3 Å². The Morgan fingerprint density at radius 1 is 1.06 bits per heavy atom. The number of anilines is 1. The van der Waals surface area contributed by atoms with Crippen LogP contribution in [-0.2, 0) is 9.59 Å². The molecule has 2 fully saturated rings. The van der Waals surface area contributed by atoms with E-state index in [4.69, 9.17) is 11.6 Å². The summed E-state index contributed by atoms with van der Waals surface area (Å²) < 4.78 is 15.1. The summed E-state index contributed by atoms with van der Waals surface area (Å²) in [4.78, 5) is 28.1. The van der Waals surface area contributed by atoms with Crippen molar-refractivity contribution in [1.29, 1.82) is 0 Å². The average molecular weight is 503 g/mol. The molecule has 1 aliphatic carbocycles. The second kappa shape index (κ2) is 8.75. The van der Waals surface area contributed by atoms with Gasteiger partial charge >= 0.3 is 0 Å². The lowest BCUT2D eigenvalue weighted by Crippen LogP contribution is -2.42. The number of rotatable bonds is 5. The standard InChI is InChI=1S/C28H24ClFN4O2/c1-16-25(32-27(35)17-6-7-17)26(22-4-2-3-5-23(22)29)33(28(16)36)21-12-13-24-18(14-21)15-31-34(24)20-10-8-19(30)9-11-20/h2-5,8-17,25-26H,6-7H2,1H3,(H,32,35). The number of aromatic nitrogens is 2. The lowest BCUT2D eigenvalue weighted by atomic mass is 9.94. The second-order valence-corrected chi connectivity index (χ2v) is 9.96. The normalized spacial score (nSPS) is 21.8. The summed E-state index contributed by atoms with van der Waals surface area (Å²) in [6.45, 7) is 1.86. The van der Waals surface area contributed by atoms with E-state index < -0.39 is 18.0 Å². The molecule has 1 aromatic heterocycles. The molecule has 3 atom stereocenters. The maximum Gasteiger partial charge on any atom is 0.232 e. The Morgan fingerprint density at radius 2 is 1.78 bits per heavy atom. The molecule has 1 saturated carbocycles. The molecular formula is C28H24ClFN4O2. The third-order valence-corrected chi connectivity index (χ3v) is 7.51. The number of carbonyl (C=O) groups excluding carboxylic acids is 2. The number of fused-ring (bicyclic) bond motifs is 1. The zero-order chi connectivity index (χ0) is 25.0. The third-order valence-electron chi connectivity index (χ3n) is 7.17. The van der Waals surface area contributed by atoms with Gasteiger partial charge in [0.2, 0.25) is 11.8 Å². The number of benzene rings is 3. The summed E-state index contributed by atoms with van der Waals surface area (Å²) in [6.07, 6.45) is 3.50. The van der Waals surface area contributed by atoms with Crippen molar-refractivity contribution in [2.75, 3.05) is 4.90 Å². The average Bonchev–Trinajstić information content (AvgIpc) is 3.61. The van der Waals surface area contributed by atoms with Crippen LogP contribution in [0.2, 0.25) is 5.02 Å². The molecule has 6 nitrogen and oxygen atoms in total. The summed E-state index contributed by atoms with van der Waals surface area (Å²) in [7, 11) is 0. The van der Waals surface area contributed by atoms with Gasteiger partial charge in [0.1, 0.15) is 5.82 Å². The van der Waals surface area contributed by atoms with Crippen LogP contribution >= 0.6 is 11.6 Å². The van der Waals surface area contributed by atoms with Gasteiger partial charge in [0, 0.05) is 22.0 Å². The van der Waals surface area contributed by atoms with Crippen LogP contribution in [0, 0.1) is 17.7 Å². The number of hydrogen-bond acceptors (Lipinski definition) is 3. The van der Waals surface area contributed by atoms with Crippen molar-refractivity contribution in [3.05, 3.63) is 89.3 Å². The molecule has 6 rings (SSSR count). The van der Waals surface area contributed by atoms with Crippen molar-refractivity contribution in [2.24, 2.45) is 11.8 Å². The Morgan fingerprint density at radius 3 is 2.50 bits per heavy atom. The Bertz CT molecular complexity index is 1480. The number of nitrogens with one attached hydrogen (secondary N) is 1. The molecule has 0 spiro atoms. The molecule has 3 unspecified atom stereocenters. The van der Waals surface area contributed by atoms with Crippen molar-refractivity contribution in [1.82, 2.24) is 15.1 Å². The highest BCUT2D eigenvalue weighted by atomic mass is 35.5. The summed E-state index contributed by atoms with van der Waals surface area (Å²) in [5.74, 6) is -0.789. The minimum Gasteiger partial charge on any atom is -0.350 e. The van der Waals surface area contributed by atoms with E-state index in [0.29, 0.717) is 10.7 Å². The largest absolute Gasteiger partial charge is 0.350 e. The van der Waals surface area contributed by atoms with Crippen molar-refractivity contribution >= 4 is 40.0 Å². The predicted molar refractivity (Wildman–Crippen MR) is 137 cm³/mol. The lowest BCUT2D eigenvalue weighted by molar-refractivity contribution is -0.123. The Balaban J connectivity index is 1.42. The second-order valence-electron chi connectivity index (χ2n) is 9.55. The molecule has 36 heavy (non-hydrogen) atoms. The van der Waals surface area contributed by atoms with Crippen molar-refractivity contribution in [3.8, 4) is 5.69 Å². The number of amides is 2. The van der Waals surface area contributed by atoms with E-state index in [1.165, 1.54) is 12.1 Å². The van der Waals surface area contributed by atoms with Crippen molar-refractivity contribution < 1.29 is 14.0 Å². The van der Waals surface area contributed by atoms with Gasteiger partial charge in [-0.25, -0.2) is 9.07 Å². The zero-order valence-corrected chi connectivity index (χ0v) is 20.3. The molecule has 0 radical (unpaired) electrons. The summed E-state index contributed by atoms with van der Waals surface area (Å²) >= 11 is 6.62. The molecule has 182 valence electrons. The van der Waals surface area contributed by atoms with E-state index in [1.54, 1.807) is 34.0 Å². The minimum absolute atomic E-state index is 0.00502. The quantitative estimate of drug-likeness (QED) is 0.395. The van der Waals surface area contributed by atoms with E-state index in [0.717, 1.165) is 35.0 Å². The molecule has 8 heteroatoms. The first-order valence-corrected chi connectivity index (χ1v) is 12.4. The maximum atomic E-state index is 13.6. The van der Waals surface area contributed by atoms with Gasteiger partial charge in [-0.15, -0.1) is 0 Å². The van der Waals surface area contributed by atoms with Crippen LogP contribution < -0.4 is 10.2 Å². The predicted octanol–water partition coefficient (Wildman–Crippen LogP) is 5.44. The summed E-state index contributed by atoms with van der Waals surface area (Å²) in [5, 5.41) is 9.02. The van der Waals surface area contributed by atoms with E-state index in [9.17, 15) is 14.0 Å². The SMILES string of the molecule is CC1C(=O)N(c2ccc3c(cnn3-c3ccc(F)cc3)c2)C(c2ccccc2Cl)C1NC(=O)C1CC1. The zero-order valence-electron chi connectivity index (χ0n) is 19.6. The maximum absolute atomic E-state index is 13.6. The van der Waals surface area contributed by atoms with Gasteiger partial charge in [0.25, 0.3) is 0 Å². The third kappa shape index (κ3) is 3.84. The minimum atomic E-state index is -0.450. The van der Waals surface area contributed by atoms with Crippen LogP contribution in [0.25, 0.3) is 16.6 Å². The van der Waals surface area contributed by atoms with E-state index in [2.05, 4.69) is 10.4 Å². The van der Waals surface area contributed by atoms with Gasteiger partial charge in [-0.2, -0.15) is 5.10 Å². The van der Waals surface area contributed by atoms with Crippen LogP contribution in [0.4, 0.5) is 10.1 Å². The van der Waals surface area contributed by atoms with Gasteiger partial charge in [0.05, 0.1) is 35.4 Å². The van der Waals surface area contributed by atoms with Gasteiger partial charge in [-0.05, 0) is 66.9 Å². The summed E-state index contributed by atoms with van der Waals surface area (Å²) in [5.41, 5.74) is 3.06. The van der Waals surface area contributed by atoms with Crippen molar-refractivity contribution in [2.45, 2.75) is 31.8 Å². The van der Waals surface area contributed by atoms with Gasteiger partial charge in [0.15, 0.2) is 0 Å². The Labute approximate surface area is 212 Å². The molecule has 0 bridgehead atoms. The van der Waals surface area contributed by atoms with Gasteiger partial charge in [-0.3, -0.25) is 9.59 Å². The summed E-state index contributed by atoms with van der Waals surface area (Å²) in [6, 6.07) is 18.4. The highest BCUT2D eigenvalue weighted by Gasteiger charge is 2.49. The smallest absolute Gasteiger partial charge is 0.232 e. The number of carbonyl (C=O) groups is 2. The topological polar surface area (TPSA) is 67.2 Å². The molecule has 1 N–H and O–H groups in total. The molecule has 1 aliphatic heterocycles. The Kier molecular flexibility index (Phi) is 5.52. The molecule has 2 amide bonds. The number of halogens is 2. The molecule has 1 saturated heterocycles. The highest BCUT2D eigenvalue weighted by Crippen LogP contribution is 2.43. The fourth-order valence-corrected chi connectivity index (χ4v) is 5.32. The lowest BCUT2D eigenvalue weighted by Gasteiger charge is -2.30. The van der Waals surface area contributed by atoms with Crippen LogP contribution in [0.1, 0.15) is 31.4 Å². The monoisotopic (exact) mass is 502 g/mol. The first-order valence-electron chi connectivity index (χ1n) is 12.0. The molecular weight excluding hydrogens is 479 g/mol. The van der Waals surface area contributed by atoms with Crippen LogP contribution in [0.15, 0.2) is 72.9 Å². The molecule has 2 heterocycles. The van der Waals surface area contributed by atoms with Gasteiger partial charge in [-0.1, -0.05) is 36.7 Å². The number of nitrogens with zero attached hydrogens (tertiary/aromatic N) is 3. The fourth-order valence-electron chi connectivity index (χ4n) is 5.07. The number of hydrogen-bond donors (Lipinski definition) is 1. The van der Waals surface area contributed by atoms with E-state index in [-0.39, 0.29) is 23.5 Å². The molecule has 4 aromatic rings. The molecule has 3 aromatic carbocycles. The molecule has 2 aliphatic rings. The van der Waals surface area contributed by atoms with Crippen LogP contribution in [0.3, 0.4) is 0 Å². The van der Waals surface area contributed by atoms with Crippen LogP contribution in [-0.4, -0.2) is 27.6 Å². The first kappa shape index (κ1) is 22.7. The first-order chi connectivity index (χ1) is 17.4. The highest BCUT2D eigenvalue weighted by molar-refractivity contribution is 6.31. The van der Waals surface area contributed by atoms with Gasteiger partial charge < -0.3 is 10.2 Å². The van der Waals surface area contributed by atoms with Crippen molar-refractivity contribution in [3.63, 3.8) is 0 Å². The Hall–Kier alpha value is -3.71. The van der Waals surface area contributed by atoms with Crippen LogP contribution in [0.5, 0.6) is 0 Å².